The van der Waals surface area contributed by atoms with Crippen LogP contribution in [-0.2, 0) is 0 Å². The molecule has 0 atom stereocenters. The molecule has 0 amide bonds. The Hall–Kier alpha value is -1.31. The first kappa shape index (κ1) is 11.8. The van der Waals surface area contributed by atoms with Crippen LogP contribution in [0.25, 0.3) is 0 Å². The molecule has 1 aromatic rings. The number of guanidine groups is 2. The number of hydrogen-bond donors (Lipinski definition) is 5. The highest BCUT2D eigenvalue weighted by molar-refractivity contribution is 14.1. The Morgan fingerprint density at radius 3 is 2.60 bits per heavy atom. The quantitative estimate of drug-likeness (QED) is 0.308. The van der Waals surface area contributed by atoms with E-state index in [1.807, 2.05) is 25.1 Å². The Bertz CT molecular complexity index is 401. The molecule has 6 N–H and O–H groups in total. The van der Waals surface area contributed by atoms with E-state index in [1.54, 1.807) is 0 Å². The fourth-order valence-corrected chi connectivity index (χ4v) is 1.37. The summed E-state index contributed by atoms with van der Waals surface area (Å²) in [4.78, 5) is 0. The third-order valence-electron chi connectivity index (χ3n) is 1.69. The standard InChI is InChI=1S/C9H12IN5/c1-5-4-6(2-3-7(5)10)14-9(13)15-8(11)12/h2-4H,1H3,(H6,11,12,13,14,15). The Balaban J connectivity index is 2.69. The summed E-state index contributed by atoms with van der Waals surface area (Å²) in [5.74, 6) is -0.266. The maximum atomic E-state index is 7.44. The lowest BCUT2D eigenvalue weighted by Gasteiger charge is -2.09. The number of nitrogens with two attached hydrogens (primary N) is 1. The van der Waals surface area contributed by atoms with Crippen LogP contribution >= 0.6 is 22.6 Å². The molecule has 0 aliphatic rings. The van der Waals surface area contributed by atoms with E-state index in [0.717, 1.165) is 11.3 Å². The number of halogens is 1. The molecule has 0 spiro atoms. The second kappa shape index (κ2) is 4.96. The zero-order valence-corrected chi connectivity index (χ0v) is 10.3. The van der Waals surface area contributed by atoms with Gasteiger partial charge in [0.15, 0.2) is 11.9 Å². The zero-order valence-electron chi connectivity index (χ0n) is 8.19. The molecule has 0 aliphatic carbocycles. The van der Waals surface area contributed by atoms with Crippen molar-refractivity contribution >= 4 is 40.2 Å². The Morgan fingerprint density at radius 1 is 1.40 bits per heavy atom. The Morgan fingerprint density at radius 2 is 2.07 bits per heavy atom. The van der Waals surface area contributed by atoms with E-state index in [9.17, 15) is 0 Å². The maximum Gasteiger partial charge on any atom is 0.199 e. The van der Waals surface area contributed by atoms with Gasteiger partial charge in [0.2, 0.25) is 0 Å². The van der Waals surface area contributed by atoms with E-state index in [4.69, 9.17) is 16.6 Å². The van der Waals surface area contributed by atoms with E-state index < -0.39 is 0 Å². The van der Waals surface area contributed by atoms with Gasteiger partial charge in [-0.3, -0.25) is 16.1 Å². The molecule has 0 radical (unpaired) electrons. The molecule has 0 heterocycles. The lowest BCUT2D eigenvalue weighted by molar-refractivity contribution is 1.20. The average Bonchev–Trinajstić information content (AvgIpc) is 2.10. The van der Waals surface area contributed by atoms with Crippen molar-refractivity contribution in [3.8, 4) is 0 Å². The van der Waals surface area contributed by atoms with E-state index >= 15 is 0 Å². The lowest BCUT2D eigenvalue weighted by Crippen LogP contribution is -2.39. The van der Waals surface area contributed by atoms with Gasteiger partial charge in [-0.15, -0.1) is 0 Å². The van der Waals surface area contributed by atoms with Crippen molar-refractivity contribution in [1.82, 2.24) is 5.32 Å². The number of rotatable bonds is 1. The van der Waals surface area contributed by atoms with Gasteiger partial charge < -0.3 is 11.1 Å². The predicted octanol–water partition coefficient (Wildman–Crippen LogP) is 1.43. The summed E-state index contributed by atoms with van der Waals surface area (Å²) in [5, 5.41) is 19.5. The number of hydrogen-bond acceptors (Lipinski definition) is 2. The van der Waals surface area contributed by atoms with Gasteiger partial charge in [-0.1, -0.05) is 0 Å². The van der Waals surface area contributed by atoms with Gasteiger partial charge in [-0.25, -0.2) is 0 Å². The molecule has 5 nitrogen and oxygen atoms in total. The minimum absolute atomic E-state index is 0.0110. The molecular formula is C9H12IN5. The summed E-state index contributed by atoms with van der Waals surface area (Å²) in [5.41, 5.74) is 7.02. The second-order valence-electron chi connectivity index (χ2n) is 3.00. The van der Waals surface area contributed by atoms with Crippen molar-refractivity contribution in [2.45, 2.75) is 6.92 Å². The van der Waals surface area contributed by atoms with Crippen molar-refractivity contribution in [1.29, 1.82) is 10.8 Å². The lowest BCUT2D eigenvalue weighted by atomic mass is 10.2. The van der Waals surface area contributed by atoms with Crippen molar-refractivity contribution in [2.24, 2.45) is 5.73 Å². The van der Waals surface area contributed by atoms with Gasteiger partial charge in [0.05, 0.1) is 0 Å². The monoisotopic (exact) mass is 317 g/mol. The average molecular weight is 317 g/mol. The SMILES string of the molecule is Cc1cc(NC(=N)NC(=N)N)ccc1I. The molecule has 0 bridgehead atoms. The van der Waals surface area contributed by atoms with Gasteiger partial charge >= 0.3 is 0 Å². The summed E-state index contributed by atoms with van der Waals surface area (Å²) < 4.78 is 1.17. The van der Waals surface area contributed by atoms with Crippen LogP contribution in [0.2, 0.25) is 0 Å². The van der Waals surface area contributed by atoms with Crippen LogP contribution in [0.3, 0.4) is 0 Å². The molecule has 0 aromatic heterocycles. The van der Waals surface area contributed by atoms with Crippen molar-refractivity contribution < 1.29 is 0 Å². The number of benzene rings is 1. The molecular weight excluding hydrogens is 305 g/mol. The van der Waals surface area contributed by atoms with Gasteiger partial charge in [-0.05, 0) is 53.3 Å². The van der Waals surface area contributed by atoms with E-state index in [2.05, 4.69) is 33.2 Å². The van der Waals surface area contributed by atoms with Crippen LogP contribution in [0.15, 0.2) is 18.2 Å². The van der Waals surface area contributed by atoms with E-state index in [0.29, 0.717) is 0 Å². The summed E-state index contributed by atoms with van der Waals surface area (Å²) in [6.45, 7) is 2.00. The molecule has 1 aromatic carbocycles. The maximum absolute atomic E-state index is 7.44. The topological polar surface area (TPSA) is 97.8 Å². The minimum Gasteiger partial charge on any atom is -0.370 e. The Kier molecular flexibility index (Phi) is 3.89. The highest BCUT2D eigenvalue weighted by Gasteiger charge is 2.00. The van der Waals surface area contributed by atoms with E-state index in [1.165, 1.54) is 3.57 Å². The molecule has 0 aliphatic heterocycles. The summed E-state index contributed by atoms with van der Waals surface area (Å²) in [6.07, 6.45) is 0. The number of anilines is 1. The molecule has 0 unspecified atom stereocenters. The van der Waals surface area contributed by atoms with E-state index in [-0.39, 0.29) is 11.9 Å². The summed E-state index contributed by atoms with van der Waals surface area (Å²) >= 11 is 2.24. The molecule has 80 valence electrons. The predicted molar refractivity (Wildman–Crippen MR) is 70.3 cm³/mol. The molecule has 15 heavy (non-hydrogen) atoms. The highest BCUT2D eigenvalue weighted by atomic mass is 127. The van der Waals surface area contributed by atoms with Crippen LogP contribution in [-0.4, -0.2) is 11.9 Å². The van der Waals surface area contributed by atoms with Gasteiger partial charge in [0.1, 0.15) is 0 Å². The van der Waals surface area contributed by atoms with Crippen LogP contribution in [0, 0.1) is 21.3 Å². The summed E-state index contributed by atoms with van der Waals surface area (Å²) in [6, 6.07) is 5.75. The smallest absolute Gasteiger partial charge is 0.199 e. The van der Waals surface area contributed by atoms with Crippen LogP contribution < -0.4 is 16.4 Å². The molecule has 0 saturated heterocycles. The summed E-state index contributed by atoms with van der Waals surface area (Å²) in [7, 11) is 0. The second-order valence-corrected chi connectivity index (χ2v) is 4.16. The van der Waals surface area contributed by atoms with Crippen LogP contribution in [0.4, 0.5) is 5.69 Å². The molecule has 6 heteroatoms. The van der Waals surface area contributed by atoms with Crippen molar-refractivity contribution in [2.75, 3.05) is 5.32 Å². The van der Waals surface area contributed by atoms with Crippen LogP contribution in [0.1, 0.15) is 5.56 Å². The zero-order chi connectivity index (χ0) is 11.4. The molecule has 0 saturated carbocycles. The highest BCUT2D eigenvalue weighted by Crippen LogP contribution is 2.16. The first-order valence-electron chi connectivity index (χ1n) is 4.22. The Labute approximate surface area is 102 Å². The van der Waals surface area contributed by atoms with Crippen molar-refractivity contribution in [3.63, 3.8) is 0 Å². The van der Waals surface area contributed by atoms with Gasteiger partial charge in [0, 0.05) is 9.26 Å². The minimum atomic E-state index is -0.255. The van der Waals surface area contributed by atoms with Crippen LogP contribution in [0.5, 0.6) is 0 Å². The largest absolute Gasteiger partial charge is 0.370 e. The van der Waals surface area contributed by atoms with Gasteiger partial charge in [-0.2, -0.15) is 0 Å². The fraction of sp³-hybridized carbons (Fsp3) is 0.111. The van der Waals surface area contributed by atoms with Gasteiger partial charge in [0.25, 0.3) is 0 Å². The number of aryl methyl sites for hydroxylation is 1. The third kappa shape index (κ3) is 3.74. The third-order valence-corrected chi connectivity index (χ3v) is 2.90. The molecule has 0 fully saturated rings. The normalized spacial score (nSPS) is 9.47. The fourth-order valence-electron chi connectivity index (χ4n) is 1.03. The first-order chi connectivity index (χ1) is 6.99. The van der Waals surface area contributed by atoms with Crippen molar-refractivity contribution in [3.05, 3.63) is 27.3 Å². The number of nitrogens with one attached hydrogen (secondary N) is 4. The first-order valence-corrected chi connectivity index (χ1v) is 5.29. The molecule has 1 rings (SSSR count).